The molecule has 2 aromatic heterocycles. The first-order valence-corrected chi connectivity index (χ1v) is 8.47. The molecular formula is C20H18N2O4. The van der Waals surface area contributed by atoms with E-state index in [1.54, 1.807) is 24.5 Å². The fourth-order valence-electron chi connectivity index (χ4n) is 3.01. The Morgan fingerprint density at radius 1 is 1.15 bits per heavy atom. The second-order valence-electron chi connectivity index (χ2n) is 5.87. The smallest absolute Gasteiger partial charge is 0.310 e. The van der Waals surface area contributed by atoms with Crippen molar-refractivity contribution in [2.75, 3.05) is 6.61 Å². The van der Waals surface area contributed by atoms with Crippen molar-refractivity contribution in [3.8, 4) is 5.75 Å². The maximum absolute atomic E-state index is 12.8. The second-order valence-corrected chi connectivity index (χ2v) is 5.87. The number of carbonyl (C=O) groups excluding carboxylic acids is 1. The molecule has 132 valence electrons. The van der Waals surface area contributed by atoms with Crippen molar-refractivity contribution in [2.24, 2.45) is 5.10 Å². The van der Waals surface area contributed by atoms with Crippen LogP contribution in [0.2, 0.25) is 0 Å². The van der Waals surface area contributed by atoms with E-state index >= 15 is 0 Å². The van der Waals surface area contributed by atoms with Crippen molar-refractivity contribution in [1.29, 1.82) is 0 Å². The monoisotopic (exact) mass is 350 g/mol. The molecule has 0 radical (unpaired) electrons. The minimum absolute atomic E-state index is 0.233. The Bertz CT molecular complexity index is 896. The van der Waals surface area contributed by atoms with E-state index in [0.29, 0.717) is 18.8 Å². The molecule has 0 saturated carbocycles. The molecule has 6 nitrogen and oxygen atoms in total. The lowest BCUT2D eigenvalue weighted by atomic mass is 10.0. The van der Waals surface area contributed by atoms with Gasteiger partial charge in [0.15, 0.2) is 5.76 Å². The summed E-state index contributed by atoms with van der Waals surface area (Å²) in [6, 6.07) is 14.5. The Balaban J connectivity index is 1.66. The normalized spacial score (nSPS) is 16.6. The number of ether oxygens (including phenoxy) is 1. The highest BCUT2D eigenvalue weighted by molar-refractivity contribution is 6.02. The molecule has 1 atom stereocenters. The number of hydrogen-bond acceptors (Lipinski definition) is 5. The molecule has 0 bridgehead atoms. The quantitative estimate of drug-likeness (QED) is 0.689. The number of rotatable bonds is 5. The number of hydrazone groups is 1. The van der Waals surface area contributed by atoms with Gasteiger partial charge < -0.3 is 13.6 Å². The summed E-state index contributed by atoms with van der Waals surface area (Å²) in [4.78, 5) is 12.8. The topological polar surface area (TPSA) is 68.2 Å². The molecule has 6 heteroatoms. The molecule has 4 rings (SSSR count). The van der Waals surface area contributed by atoms with Gasteiger partial charge in [-0.15, -0.1) is 0 Å². The van der Waals surface area contributed by atoms with Gasteiger partial charge in [-0.2, -0.15) is 5.10 Å². The van der Waals surface area contributed by atoms with Gasteiger partial charge >= 0.3 is 5.91 Å². The van der Waals surface area contributed by atoms with Crippen molar-refractivity contribution in [3.05, 3.63) is 78.1 Å². The Hall–Kier alpha value is -3.28. The van der Waals surface area contributed by atoms with Crippen LogP contribution in [0.25, 0.3) is 0 Å². The van der Waals surface area contributed by atoms with E-state index in [0.717, 1.165) is 17.0 Å². The third kappa shape index (κ3) is 3.01. The van der Waals surface area contributed by atoms with Gasteiger partial charge in [0.2, 0.25) is 0 Å². The third-order valence-corrected chi connectivity index (χ3v) is 4.23. The molecule has 26 heavy (non-hydrogen) atoms. The lowest BCUT2D eigenvalue weighted by Gasteiger charge is -2.21. The number of furan rings is 2. The fraction of sp³-hybridized carbons (Fsp3) is 0.200. The molecule has 1 amide bonds. The van der Waals surface area contributed by atoms with Gasteiger partial charge in [-0.05, 0) is 48.9 Å². The zero-order valence-electron chi connectivity index (χ0n) is 14.3. The van der Waals surface area contributed by atoms with Crippen LogP contribution in [0.1, 0.15) is 41.3 Å². The molecule has 1 aliphatic heterocycles. The van der Waals surface area contributed by atoms with Crippen LogP contribution < -0.4 is 4.74 Å². The number of carbonyl (C=O) groups is 1. The minimum atomic E-state index is -0.282. The van der Waals surface area contributed by atoms with Crippen molar-refractivity contribution in [1.82, 2.24) is 5.01 Å². The fourth-order valence-corrected chi connectivity index (χ4v) is 3.01. The summed E-state index contributed by atoms with van der Waals surface area (Å²) in [7, 11) is 0. The maximum Gasteiger partial charge on any atom is 0.310 e. The maximum atomic E-state index is 12.8. The van der Waals surface area contributed by atoms with Gasteiger partial charge in [-0.3, -0.25) is 4.79 Å². The number of nitrogens with zero attached hydrogens (tertiary/aromatic N) is 2. The molecule has 1 unspecified atom stereocenters. The van der Waals surface area contributed by atoms with E-state index in [1.165, 1.54) is 11.3 Å². The van der Waals surface area contributed by atoms with Crippen LogP contribution in [0.3, 0.4) is 0 Å². The highest BCUT2D eigenvalue weighted by Crippen LogP contribution is 2.34. The van der Waals surface area contributed by atoms with Gasteiger partial charge in [0.25, 0.3) is 0 Å². The summed E-state index contributed by atoms with van der Waals surface area (Å²) < 4.78 is 16.2. The van der Waals surface area contributed by atoms with Gasteiger partial charge in [0.05, 0.1) is 25.2 Å². The van der Waals surface area contributed by atoms with Crippen LogP contribution in [0.15, 0.2) is 75.0 Å². The van der Waals surface area contributed by atoms with E-state index in [2.05, 4.69) is 5.10 Å². The van der Waals surface area contributed by atoms with Gasteiger partial charge in [0, 0.05) is 6.42 Å². The summed E-state index contributed by atoms with van der Waals surface area (Å²) >= 11 is 0. The first-order valence-electron chi connectivity index (χ1n) is 8.47. The molecular weight excluding hydrogens is 332 g/mol. The lowest BCUT2D eigenvalue weighted by molar-refractivity contribution is 0.0678. The van der Waals surface area contributed by atoms with E-state index in [-0.39, 0.29) is 17.7 Å². The lowest BCUT2D eigenvalue weighted by Crippen LogP contribution is -2.26. The molecule has 1 aromatic carbocycles. The van der Waals surface area contributed by atoms with Crippen LogP contribution in [0, 0.1) is 0 Å². The van der Waals surface area contributed by atoms with Crippen LogP contribution >= 0.6 is 0 Å². The summed E-state index contributed by atoms with van der Waals surface area (Å²) in [6.07, 6.45) is 3.64. The molecule has 3 heterocycles. The predicted molar refractivity (Wildman–Crippen MR) is 95.1 cm³/mol. The Morgan fingerprint density at radius 2 is 1.92 bits per heavy atom. The minimum Gasteiger partial charge on any atom is -0.494 e. The summed E-state index contributed by atoms with van der Waals surface area (Å²) in [6.45, 7) is 2.55. The van der Waals surface area contributed by atoms with Crippen molar-refractivity contribution >= 4 is 11.6 Å². The summed E-state index contributed by atoms with van der Waals surface area (Å²) in [5, 5.41) is 5.98. The van der Waals surface area contributed by atoms with Crippen molar-refractivity contribution in [3.63, 3.8) is 0 Å². The van der Waals surface area contributed by atoms with Gasteiger partial charge in [-0.1, -0.05) is 12.1 Å². The Morgan fingerprint density at radius 3 is 2.58 bits per heavy atom. The molecule has 3 aromatic rings. The molecule has 0 spiro atoms. The SMILES string of the molecule is CCOc1ccc(C2CC(c3ccco3)=NN2C(=O)c2ccco2)cc1. The van der Waals surface area contributed by atoms with Crippen LogP contribution in [0.5, 0.6) is 5.75 Å². The van der Waals surface area contributed by atoms with E-state index < -0.39 is 0 Å². The molecule has 0 saturated heterocycles. The highest BCUT2D eigenvalue weighted by atomic mass is 16.5. The highest BCUT2D eigenvalue weighted by Gasteiger charge is 2.35. The van der Waals surface area contributed by atoms with Crippen molar-refractivity contribution in [2.45, 2.75) is 19.4 Å². The first kappa shape index (κ1) is 16.2. The van der Waals surface area contributed by atoms with Crippen LogP contribution in [-0.4, -0.2) is 23.2 Å². The number of amides is 1. The zero-order chi connectivity index (χ0) is 17.9. The largest absolute Gasteiger partial charge is 0.494 e. The second kappa shape index (κ2) is 6.92. The number of benzene rings is 1. The first-order chi connectivity index (χ1) is 12.8. The molecule has 1 aliphatic rings. The predicted octanol–water partition coefficient (Wildman–Crippen LogP) is 4.26. The molecule has 0 fully saturated rings. The number of hydrogen-bond donors (Lipinski definition) is 0. The van der Waals surface area contributed by atoms with E-state index in [4.69, 9.17) is 13.6 Å². The Labute approximate surface area is 150 Å². The average molecular weight is 350 g/mol. The summed E-state index contributed by atoms with van der Waals surface area (Å²) in [5.74, 6) is 1.43. The zero-order valence-corrected chi connectivity index (χ0v) is 14.3. The van der Waals surface area contributed by atoms with Crippen LogP contribution in [-0.2, 0) is 0 Å². The van der Waals surface area contributed by atoms with Crippen molar-refractivity contribution < 1.29 is 18.4 Å². The average Bonchev–Trinajstić information content (AvgIpc) is 3.42. The Kier molecular flexibility index (Phi) is 4.31. The van der Waals surface area contributed by atoms with Crippen LogP contribution in [0.4, 0.5) is 0 Å². The van der Waals surface area contributed by atoms with E-state index in [9.17, 15) is 4.79 Å². The third-order valence-electron chi connectivity index (χ3n) is 4.23. The summed E-state index contributed by atoms with van der Waals surface area (Å²) in [5.41, 5.74) is 1.70. The van der Waals surface area contributed by atoms with E-state index in [1.807, 2.05) is 37.3 Å². The molecule has 0 aliphatic carbocycles. The van der Waals surface area contributed by atoms with Gasteiger partial charge in [0.1, 0.15) is 17.2 Å². The molecule has 0 N–H and O–H groups in total. The van der Waals surface area contributed by atoms with Gasteiger partial charge in [-0.25, -0.2) is 5.01 Å². The standard InChI is InChI=1S/C20H18N2O4/c1-2-24-15-9-7-14(8-10-15)17-13-16(18-5-3-11-25-18)21-22(17)20(23)19-6-4-12-26-19/h3-12,17H,2,13H2,1H3.